The van der Waals surface area contributed by atoms with Crippen LogP contribution in [0.15, 0.2) is 11.4 Å². The Morgan fingerprint density at radius 3 is 2.77 bits per heavy atom. The van der Waals surface area contributed by atoms with E-state index >= 15 is 0 Å². The Morgan fingerprint density at radius 2 is 2.09 bits per heavy atom. The van der Waals surface area contributed by atoms with Crippen molar-refractivity contribution in [3.63, 3.8) is 0 Å². The molecule has 3 amide bonds. The summed E-state index contributed by atoms with van der Waals surface area (Å²) in [7, 11) is 0. The van der Waals surface area contributed by atoms with Crippen LogP contribution in [0.2, 0.25) is 0 Å². The lowest BCUT2D eigenvalue weighted by Crippen LogP contribution is -2.42. The number of hydrogen-bond donors (Lipinski definition) is 2. The summed E-state index contributed by atoms with van der Waals surface area (Å²) in [5.74, 6) is -0.340. The van der Waals surface area contributed by atoms with E-state index in [4.69, 9.17) is 0 Å². The van der Waals surface area contributed by atoms with Gasteiger partial charge in [0.05, 0.1) is 5.25 Å². The van der Waals surface area contributed by atoms with Gasteiger partial charge in [-0.1, -0.05) is 11.8 Å². The van der Waals surface area contributed by atoms with Crippen molar-refractivity contribution in [1.29, 1.82) is 0 Å². The molecule has 1 atom stereocenters. The summed E-state index contributed by atoms with van der Waals surface area (Å²) in [6.45, 7) is 8.09. The number of aromatic nitrogens is 2. The van der Waals surface area contributed by atoms with E-state index in [-0.39, 0.29) is 5.91 Å². The molecule has 0 unspecified atom stereocenters. The van der Waals surface area contributed by atoms with E-state index in [1.54, 1.807) is 25.2 Å². The third-order valence-electron chi connectivity index (χ3n) is 3.16. The van der Waals surface area contributed by atoms with Crippen LogP contribution in [-0.4, -0.2) is 33.7 Å². The van der Waals surface area contributed by atoms with Crippen molar-refractivity contribution >= 4 is 45.3 Å². The van der Waals surface area contributed by atoms with Crippen molar-refractivity contribution in [3.8, 4) is 0 Å². The molecule has 118 valence electrons. The highest BCUT2D eigenvalue weighted by Crippen LogP contribution is 2.35. The number of thioether (sulfide) groups is 1. The van der Waals surface area contributed by atoms with E-state index in [1.807, 2.05) is 13.8 Å². The number of urea groups is 1. The Balaban J connectivity index is 2.16. The standard InChI is InChI=1S/C14H18N4O2S2/c1-5-15-14(20)18-11(19)9(4)22-13-10-7(2)8(3)21-12(10)16-6-17-13/h6,9H,5H2,1-4H3,(H2,15,18,19,20)/t9-/m0/s1. The summed E-state index contributed by atoms with van der Waals surface area (Å²) in [4.78, 5) is 34.1. The van der Waals surface area contributed by atoms with Gasteiger partial charge >= 0.3 is 6.03 Å². The molecule has 0 aliphatic carbocycles. The van der Waals surface area contributed by atoms with Gasteiger partial charge in [-0.05, 0) is 33.3 Å². The Labute approximate surface area is 137 Å². The molecule has 0 aromatic carbocycles. The molecule has 22 heavy (non-hydrogen) atoms. The Kier molecular flexibility index (Phi) is 5.36. The van der Waals surface area contributed by atoms with Crippen molar-refractivity contribution in [2.45, 2.75) is 38.0 Å². The molecule has 2 N–H and O–H groups in total. The van der Waals surface area contributed by atoms with Gasteiger partial charge in [0, 0.05) is 16.8 Å². The molecule has 0 aliphatic heterocycles. The number of carbonyl (C=O) groups excluding carboxylic acids is 2. The number of aryl methyl sites for hydroxylation is 2. The average Bonchev–Trinajstić information content (AvgIpc) is 2.75. The fourth-order valence-corrected chi connectivity index (χ4v) is 3.92. The first-order valence-electron chi connectivity index (χ1n) is 6.90. The smallest absolute Gasteiger partial charge is 0.321 e. The summed E-state index contributed by atoms with van der Waals surface area (Å²) in [5.41, 5.74) is 1.14. The minimum atomic E-state index is -0.477. The normalized spacial score (nSPS) is 12.2. The highest BCUT2D eigenvalue weighted by Gasteiger charge is 2.20. The van der Waals surface area contributed by atoms with E-state index in [0.29, 0.717) is 6.54 Å². The van der Waals surface area contributed by atoms with Crippen molar-refractivity contribution in [2.75, 3.05) is 6.54 Å². The minimum absolute atomic E-state index is 0.340. The number of nitrogens with one attached hydrogen (secondary N) is 2. The van der Waals surface area contributed by atoms with E-state index < -0.39 is 11.3 Å². The van der Waals surface area contributed by atoms with Crippen molar-refractivity contribution < 1.29 is 9.59 Å². The van der Waals surface area contributed by atoms with Gasteiger partial charge in [0.15, 0.2) is 0 Å². The third-order valence-corrected chi connectivity index (χ3v) is 5.38. The first-order chi connectivity index (χ1) is 10.4. The number of rotatable bonds is 4. The molecule has 8 heteroatoms. The monoisotopic (exact) mass is 338 g/mol. The van der Waals surface area contributed by atoms with E-state index in [9.17, 15) is 9.59 Å². The second-order valence-electron chi connectivity index (χ2n) is 4.75. The molecule has 0 aliphatic rings. The zero-order chi connectivity index (χ0) is 16.3. The molecule has 2 heterocycles. The lowest BCUT2D eigenvalue weighted by molar-refractivity contribution is -0.119. The number of amides is 3. The third kappa shape index (κ3) is 3.56. The maximum Gasteiger partial charge on any atom is 0.321 e. The summed E-state index contributed by atoms with van der Waals surface area (Å²) in [5, 5.41) is 6.18. The van der Waals surface area contributed by atoms with Crippen LogP contribution in [0.4, 0.5) is 4.79 Å². The molecule has 0 saturated heterocycles. The fraction of sp³-hybridized carbons (Fsp3) is 0.429. The van der Waals surface area contributed by atoms with Crippen LogP contribution in [0.25, 0.3) is 10.2 Å². The van der Waals surface area contributed by atoms with Crippen molar-refractivity contribution in [3.05, 3.63) is 16.8 Å². The second kappa shape index (κ2) is 7.06. The van der Waals surface area contributed by atoms with Crippen LogP contribution in [0, 0.1) is 13.8 Å². The predicted molar refractivity (Wildman–Crippen MR) is 89.4 cm³/mol. The summed E-state index contributed by atoms with van der Waals surface area (Å²) < 4.78 is 0. The second-order valence-corrected chi connectivity index (χ2v) is 7.28. The first kappa shape index (κ1) is 16.7. The number of imide groups is 1. The Hall–Kier alpha value is -1.67. The molecule has 0 radical (unpaired) electrons. The van der Waals surface area contributed by atoms with Gasteiger partial charge in [-0.15, -0.1) is 11.3 Å². The summed E-state index contributed by atoms with van der Waals surface area (Å²) in [6.07, 6.45) is 1.51. The summed E-state index contributed by atoms with van der Waals surface area (Å²) in [6, 6.07) is -0.477. The highest BCUT2D eigenvalue weighted by molar-refractivity contribution is 8.00. The van der Waals surface area contributed by atoms with Gasteiger partial charge < -0.3 is 5.32 Å². The molecular weight excluding hydrogens is 320 g/mol. The molecule has 6 nitrogen and oxygen atoms in total. The van der Waals surface area contributed by atoms with Crippen LogP contribution in [0.3, 0.4) is 0 Å². The van der Waals surface area contributed by atoms with Gasteiger partial charge in [-0.3, -0.25) is 10.1 Å². The lowest BCUT2D eigenvalue weighted by Gasteiger charge is -2.11. The molecule has 0 bridgehead atoms. The SMILES string of the molecule is CCNC(=O)NC(=O)[C@H](C)Sc1ncnc2sc(C)c(C)c12. The number of fused-ring (bicyclic) bond motifs is 1. The average molecular weight is 338 g/mol. The molecule has 2 aromatic heterocycles. The van der Waals surface area contributed by atoms with E-state index in [1.165, 1.54) is 23.0 Å². The van der Waals surface area contributed by atoms with Crippen molar-refractivity contribution in [1.82, 2.24) is 20.6 Å². The van der Waals surface area contributed by atoms with E-state index in [2.05, 4.69) is 20.6 Å². The highest BCUT2D eigenvalue weighted by atomic mass is 32.2. The number of nitrogens with zero attached hydrogens (tertiary/aromatic N) is 2. The van der Waals surface area contributed by atoms with Gasteiger partial charge in [0.1, 0.15) is 16.2 Å². The molecule has 0 spiro atoms. The maximum absolute atomic E-state index is 12.0. The maximum atomic E-state index is 12.0. The lowest BCUT2D eigenvalue weighted by atomic mass is 10.2. The number of hydrogen-bond acceptors (Lipinski definition) is 6. The van der Waals surface area contributed by atoms with E-state index in [0.717, 1.165) is 20.8 Å². The topological polar surface area (TPSA) is 84.0 Å². The zero-order valence-corrected chi connectivity index (χ0v) is 14.5. The Bertz CT molecular complexity index is 714. The van der Waals surface area contributed by atoms with Crippen LogP contribution in [-0.2, 0) is 4.79 Å². The van der Waals surface area contributed by atoms with Crippen LogP contribution < -0.4 is 10.6 Å². The molecule has 0 fully saturated rings. The molecule has 2 aromatic rings. The Morgan fingerprint density at radius 1 is 1.36 bits per heavy atom. The van der Waals surface area contributed by atoms with Gasteiger partial charge in [0.2, 0.25) is 5.91 Å². The first-order valence-corrected chi connectivity index (χ1v) is 8.59. The predicted octanol–water partition coefficient (Wildman–Crippen LogP) is 2.63. The van der Waals surface area contributed by atoms with Crippen LogP contribution >= 0.6 is 23.1 Å². The molecule has 2 rings (SSSR count). The van der Waals surface area contributed by atoms with Crippen LogP contribution in [0.1, 0.15) is 24.3 Å². The summed E-state index contributed by atoms with van der Waals surface area (Å²) >= 11 is 2.95. The number of carbonyl (C=O) groups is 2. The van der Waals surface area contributed by atoms with Crippen LogP contribution in [0.5, 0.6) is 0 Å². The minimum Gasteiger partial charge on any atom is -0.338 e. The van der Waals surface area contributed by atoms with Gasteiger partial charge in [0.25, 0.3) is 0 Å². The molecular formula is C14H18N4O2S2. The largest absolute Gasteiger partial charge is 0.338 e. The van der Waals surface area contributed by atoms with Gasteiger partial charge in [-0.25, -0.2) is 14.8 Å². The quantitative estimate of drug-likeness (QED) is 0.661. The number of thiophene rings is 1. The van der Waals surface area contributed by atoms with Crippen molar-refractivity contribution in [2.24, 2.45) is 0 Å². The fourth-order valence-electron chi connectivity index (χ4n) is 1.88. The molecule has 0 saturated carbocycles. The van der Waals surface area contributed by atoms with Gasteiger partial charge in [-0.2, -0.15) is 0 Å². The zero-order valence-electron chi connectivity index (χ0n) is 12.9.